The molecule has 308 valence electrons. The van der Waals surface area contributed by atoms with Gasteiger partial charge >= 0.3 is 23.9 Å². The Hall–Kier alpha value is -4.74. The van der Waals surface area contributed by atoms with Crippen molar-refractivity contribution in [3.05, 3.63) is 108 Å². The summed E-state index contributed by atoms with van der Waals surface area (Å²) in [5, 5.41) is 0. The fraction of sp³-hybridized carbons (Fsp3) is 0.476. The van der Waals surface area contributed by atoms with E-state index in [2.05, 4.69) is 0 Å². The SMILES string of the molecule is CO[C@H]1O[C@H](COCc2ccccc2)[C@@H](O[C@@H]2O[C@H](COC(C)=O)[C@@H](OC(C)=O)[C@H](OC(C)=O)[C@H]2OC(C)=O)[C@H](OCc2ccccc2)[C@H]1OCc1ccccc1. The summed E-state index contributed by atoms with van der Waals surface area (Å²) in [6.45, 7) is 4.65. The minimum absolute atomic E-state index is 0.0404. The van der Waals surface area contributed by atoms with E-state index in [0.717, 1.165) is 37.5 Å². The van der Waals surface area contributed by atoms with Crippen LogP contribution in [0.1, 0.15) is 44.4 Å². The first-order valence-electron chi connectivity index (χ1n) is 18.6. The first kappa shape index (κ1) is 43.4. The zero-order chi connectivity index (χ0) is 40.7. The molecule has 10 atom stereocenters. The van der Waals surface area contributed by atoms with Crippen LogP contribution in [0.5, 0.6) is 0 Å². The van der Waals surface area contributed by atoms with Crippen molar-refractivity contribution in [1.29, 1.82) is 0 Å². The Bertz CT molecular complexity index is 1710. The average molecular weight is 795 g/mol. The molecule has 0 spiro atoms. The van der Waals surface area contributed by atoms with E-state index in [1.54, 1.807) is 0 Å². The highest BCUT2D eigenvalue weighted by atomic mass is 16.8. The van der Waals surface area contributed by atoms with Gasteiger partial charge in [0.2, 0.25) is 0 Å². The maximum absolute atomic E-state index is 12.7. The number of ether oxygens (including phenoxy) is 11. The molecule has 2 heterocycles. The van der Waals surface area contributed by atoms with Crippen molar-refractivity contribution in [3.8, 4) is 0 Å². The van der Waals surface area contributed by atoms with Gasteiger partial charge in [-0.3, -0.25) is 19.2 Å². The maximum Gasteiger partial charge on any atom is 0.303 e. The predicted molar refractivity (Wildman–Crippen MR) is 199 cm³/mol. The first-order chi connectivity index (χ1) is 27.5. The summed E-state index contributed by atoms with van der Waals surface area (Å²) < 4.78 is 67.2. The molecule has 0 aliphatic carbocycles. The van der Waals surface area contributed by atoms with Crippen LogP contribution >= 0.6 is 0 Å². The van der Waals surface area contributed by atoms with Crippen LogP contribution < -0.4 is 0 Å². The van der Waals surface area contributed by atoms with Gasteiger partial charge in [-0.05, 0) is 16.7 Å². The molecule has 2 aliphatic rings. The van der Waals surface area contributed by atoms with E-state index < -0.39 is 91.9 Å². The summed E-state index contributed by atoms with van der Waals surface area (Å²) in [6, 6.07) is 28.5. The van der Waals surface area contributed by atoms with Gasteiger partial charge in [0.25, 0.3) is 0 Å². The maximum atomic E-state index is 12.7. The van der Waals surface area contributed by atoms with Gasteiger partial charge in [-0.25, -0.2) is 0 Å². The second-order valence-corrected chi connectivity index (χ2v) is 13.5. The summed E-state index contributed by atoms with van der Waals surface area (Å²) in [6.07, 6.45) is -12.1. The van der Waals surface area contributed by atoms with Gasteiger partial charge in [0.1, 0.15) is 37.1 Å². The third-order valence-electron chi connectivity index (χ3n) is 9.03. The molecule has 0 radical (unpaired) electrons. The van der Waals surface area contributed by atoms with Crippen LogP contribution in [0.2, 0.25) is 0 Å². The van der Waals surface area contributed by atoms with Crippen LogP contribution in [0.4, 0.5) is 0 Å². The van der Waals surface area contributed by atoms with Crippen molar-refractivity contribution in [2.24, 2.45) is 0 Å². The molecule has 2 aliphatic heterocycles. The number of benzene rings is 3. The van der Waals surface area contributed by atoms with Gasteiger partial charge in [-0.15, -0.1) is 0 Å². The highest BCUT2D eigenvalue weighted by Gasteiger charge is 2.56. The van der Waals surface area contributed by atoms with E-state index in [1.165, 1.54) is 14.0 Å². The number of carbonyl (C=O) groups excluding carboxylic acids is 4. The number of carbonyl (C=O) groups is 4. The summed E-state index contributed by atoms with van der Waals surface area (Å²) in [5.74, 6) is -2.98. The van der Waals surface area contributed by atoms with Gasteiger partial charge < -0.3 is 52.1 Å². The number of rotatable bonds is 18. The van der Waals surface area contributed by atoms with Crippen molar-refractivity contribution >= 4 is 23.9 Å². The number of esters is 4. The number of methoxy groups -OCH3 is 1. The first-order valence-corrected chi connectivity index (χ1v) is 18.6. The average Bonchev–Trinajstić information content (AvgIpc) is 3.19. The molecule has 0 aromatic heterocycles. The largest absolute Gasteiger partial charge is 0.463 e. The van der Waals surface area contributed by atoms with Crippen LogP contribution in [0.25, 0.3) is 0 Å². The van der Waals surface area contributed by atoms with E-state index >= 15 is 0 Å². The second kappa shape index (κ2) is 21.7. The molecular formula is C42H50O15. The van der Waals surface area contributed by atoms with Crippen LogP contribution in [-0.2, 0) is 91.1 Å². The van der Waals surface area contributed by atoms with Crippen LogP contribution in [-0.4, -0.2) is 106 Å². The Morgan fingerprint density at radius 3 is 1.46 bits per heavy atom. The van der Waals surface area contributed by atoms with Crippen molar-refractivity contribution in [2.75, 3.05) is 20.3 Å². The smallest absolute Gasteiger partial charge is 0.303 e. The van der Waals surface area contributed by atoms with E-state index in [0.29, 0.717) is 0 Å². The molecule has 3 aromatic carbocycles. The van der Waals surface area contributed by atoms with Crippen molar-refractivity contribution in [1.82, 2.24) is 0 Å². The van der Waals surface area contributed by atoms with Gasteiger partial charge in [0, 0.05) is 34.8 Å². The molecule has 0 saturated carbocycles. The van der Waals surface area contributed by atoms with E-state index in [1.807, 2.05) is 91.0 Å². The van der Waals surface area contributed by atoms with E-state index in [4.69, 9.17) is 52.1 Å². The standard InChI is InChI=1S/C42H50O15/c1-26(43)49-25-34-36(52-27(2)44)38(53-28(3)45)40(54-29(4)46)42(56-34)57-35-33(24-48-21-30-15-9-6-10-16-30)55-41(47-5)39(51-23-32-19-13-8-14-20-32)37(35)50-22-31-17-11-7-12-18-31/h6-20,33-42H,21-25H2,1-5H3/t33-,34-,35-,36-,37+,38+,39-,40-,41+,42+/m1/s1. The quantitative estimate of drug-likeness (QED) is 0.132. The molecule has 3 aromatic rings. The molecule has 0 amide bonds. The number of hydrogen-bond acceptors (Lipinski definition) is 15. The molecule has 15 nitrogen and oxygen atoms in total. The Labute approximate surface area is 331 Å². The fourth-order valence-electron chi connectivity index (χ4n) is 6.59. The Morgan fingerprint density at radius 2 is 0.947 bits per heavy atom. The lowest BCUT2D eigenvalue weighted by atomic mass is 9.96. The van der Waals surface area contributed by atoms with Crippen LogP contribution in [0, 0.1) is 0 Å². The highest BCUT2D eigenvalue weighted by molar-refractivity contribution is 5.68. The molecule has 0 unspecified atom stereocenters. The molecule has 0 bridgehead atoms. The van der Waals surface area contributed by atoms with E-state index in [-0.39, 0.29) is 26.4 Å². The van der Waals surface area contributed by atoms with Gasteiger partial charge in [0.15, 0.2) is 30.9 Å². The molecule has 0 N–H and O–H groups in total. The molecule has 5 rings (SSSR count). The second-order valence-electron chi connectivity index (χ2n) is 13.5. The fourth-order valence-corrected chi connectivity index (χ4v) is 6.59. The van der Waals surface area contributed by atoms with Crippen LogP contribution in [0.15, 0.2) is 91.0 Å². The Morgan fingerprint density at radius 1 is 0.491 bits per heavy atom. The van der Waals surface area contributed by atoms with Crippen molar-refractivity contribution in [3.63, 3.8) is 0 Å². The lowest BCUT2D eigenvalue weighted by molar-refractivity contribution is -0.367. The summed E-state index contributed by atoms with van der Waals surface area (Å²) >= 11 is 0. The summed E-state index contributed by atoms with van der Waals surface area (Å²) in [7, 11) is 1.49. The summed E-state index contributed by atoms with van der Waals surface area (Å²) in [5.41, 5.74) is 2.64. The lowest BCUT2D eigenvalue weighted by Gasteiger charge is -2.49. The minimum atomic E-state index is -1.55. The van der Waals surface area contributed by atoms with Crippen molar-refractivity contribution < 1.29 is 71.3 Å². The lowest BCUT2D eigenvalue weighted by Crippen LogP contribution is -2.67. The highest BCUT2D eigenvalue weighted by Crippen LogP contribution is 2.36. The number of hydrogen-bond donors (Lipinski definition) is 0. The van der Waals surface area contributed by atoms with Gasteiger partial charge in [0.05, 0.1) is 26.4 Å². The molecule has 57 heavy (non-hydrogen) atoms. The van der Waals surface area contributed by atoms with Gasteiger partial charge in [-0.1, -0.05) is 91.0 Å². The zero-order valence-electron chi connectivity index (χ0n) is 32.6. The molecule has 2 saturated heterocycles. The third-order valence-corrected chi connectivity index (χ3v) is 9.03. The zero-order valence-corrected chi connectivity index (χ0v) is 32.6. The van der Waals surface area contributed by atoms with Crippen LogP contribution in [0.3, 0.4) is 0 Å². The molecule has 15 heteroatoms. The summed E-state index contributed by atoms with van der Waals surface area (Å²) in [4.78, 5) is 49.5. The normalized spacial score (nSPS) is 27.2. The third kappa shape index (κ3) is 12.9. The molecule has 2 fully saturated rings. The monoisotopic (exact) mass is 794 g/mol. The molecular weight excluding hydrogens is 744 g/mol. The topological polar surface area (TPSA) is 170 Å². The van der Waals surface area contributed by atoms with Gasteiger partial charge in [-0.2, -0.15) is 0 Å². The van der Waals surface area contributed by atoms with Crippen molar-refractivity contribution in [2.45, 2.75) is 109 Å². The van der Waals surface area contributed by atoms with E-state index in [9.17, 15) is 19.2 Å². The predicted octanol–water partition coefficient (Wildman–Crippen LogP) is 4.21. The minimum Gasteiger partial charge on any atom is -0.463 e. The Balaban J connectivity index is 1.56. The Kier molecular flexibility index (Phi) is 16.5.